The van der Waals surface area contributed by atoms with Crippen molar-refractivity contribution in [2.24, 2.45) is 4.74 Å². The van der Waals surface area contributed by atoms with Gasteiger partial charge in [0, 0.05) is 35.0 Å². The number of rotatable bonds is 3. The summed E-state index contributed by atoms with van der Waals surface area (Å²) >= 11 is 0. The second kappa shape index (κ2) is 7.29. The molecule has 1 aliphatic rings. The molecule has 3 aromatic carbocycles. The van der Waals surface area contributed by atoms with E-state index in [9.17, 15) is 9.28 Å². The molecule has 29 heavy (non-hydrogen) atoms. The number of fused-ring (bicyclic) bond motifs is 1. The van der Waals surface area contributed by atoms with Gasteiger partial charge in [-0.3, -0.25) is 0 Å². The molecule has 1 atom stereocenters. The lowest BCUT2D eigenvalue weighted by atomic mass is 9.84. The van der Waals surface area contributed by atoms with E-state index in [1.807, 2.05) is 55.3 Å². The minimum absolute atomic E-state index is 0.271. The molecule has 1 heterocycles. The van der Waals surface area contributed by atoms with Gasteiger partial charge < -0.3 is 9.79 Å². The third kappa shape index (κ3) is 3.55. The molecular weight excluding hydrogens is 382 g/mol. The first-order chi connectivity index (χ1) is 13.8. The Morgan fingerprint density at radius 3 is 2.21 bits per heavy atom. The fourth-order valence-corrected chi connectivity index (χ4v) is 6.15. The maximum Gasteiger partial charge on any atom is 0.140 e. The van der Waals surface area contributed by atoms with Crippen LogP contribution in [0, 0.1) is 5.82 Å². The Morgan fingerprint density at radius 1 is 0.931 bits per heavy atom. The van der Waals surface area contributed by atoms with E-state index < -0.39 is 7.28 Å². The molecule has 3 nitrogen and oxygen atoms in total. The minimum Gasteiger partial charge on any atom is -0.353 e. The zero-order valence-corrected chi connectivity index (χ0v) is 17.6. The van der Waals surface area contributed by atoms with Crippen LogP contribution < -0.4 is 10.2 Å². The first-order valence-electron chi connectivity index (χ1n) is 9.54. The van der Waals surface area contributed by atoms with Crippen molar-refractivity contribution in [3.05, 3.63) is 102 Å². The summed E-state index contributed by atoms with van der Waals surface area (Å²) in [6.45, 7) is 4.32. The second-order valence-corrected chi connectivity index (χ2v) is 10.1. The lowest BCUT2D eigenvalue weighted by molar-refractivity contribution is 0.621. The van der Waals surface area contributed by atoms with E-state index in [-0.39, 0.29) is 11.2 Å². The molecule has 0 fully saturated rings. The Morgan fingerprint density at radius 2 is 1.55 bits per heavy atom. The normalized spacial score (nSPS) is 18.4. The molecule has 148 valence electrons. The molecule has 0 saturated carbocycles. The van der Waals surface area contributed by atoms with Crippen LogP contribution in [-0.4, -0.2) is 11.9 Å². The fourth-order valence-electron chi connectivity index (χ4n) is 3.89. The Hall–Kier alpha value is -2.68. The van der Waals surface area contributed by atoms with Gasteiger partial charge in [-0.05, 0) is 35.9 Å². The number of anilines is 1. The highest BCUT2D eigenvalue weighted by molar-refractivity contribution is 7.71. The average Bonchev–Trinajstić information content (AvgIpc) is 2.91. The standard InChI is InChI=1S/C24H24FN2OP/c1-24(2)21-11-7-8-12-22(21)27(3)23(24)17-29(28,20-9-5-4-6-10-20)26-19-15-13-18(25)14-16-19/h4-17,28H,1-3H3/b23-17-/t29-/m1/s1. The van der Waals surface area contributed by atoms with Crippen LogP contribution >= 0.6 is 7.28 Å². The van der Waals surface area contributed by atoms with Crippen LogP contribution in [0.5, 0.6) is 0 Å². The molecular formula is C24H24FN2OP. The zero-order chi connectivity index (χ0) is 20.6. The largest absolute Gasteiger partial charge is 0.353 e. The number of halogens is 1. The minimum atomic E-state index is -3.05. The van der Waals surface area contributed by atoms with Crippen LogP contribution in [-0.2, 0) is 5.41 Å². The topological polar surface area (TPSA) is 35.8 Å². The molecule has 0 spiro atoms. The van der Waals surface area contributed by atoms with Gasteiger partial charge in [0.05, 0.1) is 5.69 Å². The molecule has 5 heteroatoms. The summed E-state index contributed by atoms with van der Waals surface area (Å²) in [5.74, 6) is 1.60. The van der Waals surface area contributed by atoms with Crippen LogP contribution in [0.4, 0.5) is 15.8 Å². The van der Waals surface area contributed by atoms with Gasteiger partial charge in [-0.15, -0.1) is 0 Å². The van der Waals surface area contributed by atoms with Gasteiger partial charge in [-0.2, -0.15) is 0 Å². The summed E-state index contributed by atoms with van der Waals surface area (Å²) < 4.78 is 18.1. The van der Waals surface area contributed by atoms with Crippen molar-refractivity contribution in [1.82, 2.24) is 0 Å². The van der Waals surface area contributed by atoms with Gasteiger partial charge in [-0.25, -0.2) is 9.14 Å². The number of hydrogen-bond donors (Lipinski definition) is 1. The van der Waals surface area contributed by atoms with Crippen molar-refractivity contribution in [2.45, 2.75) is 19.3 Å². The molecule has 0 amide bonds. The molecule has 4 rings (SSSR count). The monoisotopic (exact) mass is 406 g/mol. The summed E-state index contributed by atoms with van der Waals surface area (Å²) in [7, 11) is -1.03. The number of likely N-dealkylation sites (N-methyl/N-ethyl adjacent to an activating group) is 1. The summed E-state index contributed by atoms with van der Waals surface area (Å²) in [6, 6.07) is 23.7. The second-order valence-electron chi connectivity index (χ2n) is 7.78. The predicted molar refractivity (Wildman–Crippen MR) is 120 cm³/mol. The third-order valence-corrected chi connectivity index (χ3v) is 7.67. The van der Waals surface area contributed by atoms with Gasteiger partial charge >= 0.3 is 0 Å². The molecule has 0 aromatic heterocycles. The molecule has 1 aliphatic heterocycles. The summed E-state index contributed by atoms with van der Waals surface area (Å²) in [5, 5.41) is 0.761. The average molecular weight is 406 g/mol. The Bertz CT molecular complexity index is 1120. The van der Waals surface area contributed by atoms with Crippen molar-refractivity contribution in [3.8, 4) is 0 Å². The van der Waals surface area contributed by atoms with Crippen molar-refractivity contribution >= 4 is 24.0 Å². The van der Waals surface area contributed by atoms with E-state index in [4.69, 9.17) is 4.74 Å². The van der Waals surface area contributed by atoms with E-state index in [1.165, 1.54) is 17.7 Å². The van der Waals surface area contributed by atoms with E-state index in [0.29, 0.717) is 5.69 Å². The highest BCUT2D eigenvalue weighted by Crippen LogP contribution is 2.55. The summed E-state index contributed by atoms with van der Waals surface area (Å²) in [5.41, 5.74) is 3.63. The molecule has 0 unspecified atom stereocenters. The summed E-state index contributed by atoms with van der Waals surface area (Å²) in [6.07, 6.45) is 0. The number of hydrogen-bond acceptors (Lipinski definition) is 2. The quantitative estimate of drug-likeness (QED) is 0.529. The van der Waals surface area contributed by atoms with Gasteiger partial charge in [0.1, 0.15) is 13.1 Å². The smallest absolute Gasteiger partial charge is 0.140 e. The maximum atomic E-state index is 13.4. The SMILES string of the molecule is CN1/C(=C\[P@](O)(=Nc2ccc(F)cc2)c2ccccc2)C(C)(C)c2ccccc21. The van der Waals surface area contributed by atoms with E-state index in [2.05, 4.69) is 30.9 Å². The van der Waals surface area contributed by atoms with E-state index >= 15 is 0 Å². The van der Waals surface area contributed by atoms with Crippen molar-refractivity contribution < 1.29 is 9.28 Å². The Kier molecular flexibility index (Phi) is 4.94. The Balaban J connectivity index is 1.93. The first-order valence-corrected chi connectivity index (χ1v) is 11.3. The highest BCUT2D eigenvalue weighted by Gasteiger charge is 2.39. The summed E-state index contributed by atoms with van der Waals surface area (Å²) in [4.78, 5) is 14.0. The van der Waals surface area contributed by atoms with Gasteiger partial charge in [0.2, 0.25) is 0 Å². The van der Waals surface area contributed by atoms with E-state index in [1.54, 1.807) is 12.1 Å². The molecule has 0 radical (unpaired) electrons. The van der Waals surface area contributed by atoms with Gasteiger partial charge in [0.15, 0.2) is 0 Å². The van der Waals surface area contributed by atoms with Gasteiger partial charge in [0.25, 0.3) is 0 Å². The third-order valence-electron chi connectivity index (χ3n) is 5.47. The van der Waals surface area contributed by atoms with Crippen LogP contribution in [0.2, 0.25) is 0 Å². The zero-order valence-electron chi connectivity index (χ0n) is 16.7. The molecule has 1 N–H and O–H groups in total. The number of para-hydroxylation sites is 1. The molecule has 3 aromatic rings. The van der Waals surface area contributed by atoms with E-state index in [0.717, 1.165) is 16.7 Å². The van der Waals surface area contributed by atoms with Crippen molar-refractivity contribution in [2.75, 3.05) is 11.9 Å². The highest BCUT2D eigenvalue weighted by atomic mass is 31.2. The van der Waals surface area contributed by atoms with Gasteiger partial charge in [-0.1, -0.05) is 62.4 Å². The predicted octanol–water partition coefficient (Wildman–Crippen LogP) is 6.16. The number of benzene rings is 3. The molecule has 0 bridgehead atoms. The molecule has 0 aliphatic carbocycles. The van der Waals surface area contributed by atoms with Crippen LogP contribution in [0.3, 0.4) is 0 Å². The van der Waals surface area contributed by atoms with Crippen LogP contribution in [0.25, 0.3) is 0 Å². The molecule has 0 saturated heterocycles. The van der Waals surface area contributed by atoms with Crippen molar-refractivity contribution in [3.63, 3.8) is 0 Å². The number of allylic oxidation sites excluding steroid dienone is 1. The Labute approximate surface area is 171 Å². The first kappa shape index (κ1) is 19.6. The maximum absolute atomic E-state index is 13.4. The van der Waals surface area contributed by atoms with Crippen LogP contribution in [0.15, 0.2) is 95.1 Å². The van der Waals surface area contributed by atoms with Crippen molar-refractivity contribution in [1.29, 1.82) is 0 Å². The lowest BCUT2D eigenvalue weighted by Crippen LogP contribution is -2.23. The fraction of sp³-hybridized carbons (Fsp3) is 0.167. The number of nitrogens with zero attached hydrogens (tertiary/aromatic N) is 2. The van der Waals surface area contributed by atoms with Crippen LogP contribution in [0.1, 0.15) is 19.4 Å². The lowest BCUT2D eigenvalue weighted by Gasteiger charge is -2.27.